The fraction of sp³-hybridized carbons (Fsp3) is 0. The van der Waals surface area contributed by atoms with Crippen molar-refractivity contribution in [2.45, 2.75) is 0 Å². The summed E-state index contributed by atoms with van der Waals surface area (Å²) in [6, 6.07) is 7.18. The highest BCUT2D eigenvalue weighted by atomic mass is 79.9. The summed E-state index contributed by atoms with van der Waals surface area (Å²) in [4.78, 5) is 0.0919. The summed E-state index contributed by atoms with van der Waals surface area (Å²) in [5.41, 5.74) is 6.49. The molecule has 0 fully saturated rings. The molecule has 0 aliphatic heterocycles. The zero-order valence-electron chi connectivity index (χ0n) is 9.88. The van der Waals surface area contributed by atoms with Crippen LogP contribution < -0.4 is 11.1 Å². The zero-order valence-corrected chi connectivity index (χ0v) is 13.9. The molecule has 2 nitrogen and oxygen atoms in total. The van der Waals surface area contributed by atoms with Crippen LogP contribution in [0.15, 0.2) is 39.3 Å². The molecule has 7 heteroatoms. The van der Waals surface area contributed by atoms with Crippen LogP contribution in [0.4, 0.5) is 20.2 Å². The number of anilines is 2. The molecule has 2 aromatic carbocycles. The smallest absolute Gasteiger partial charge is 0.161 e. The van der Waals surface area contributed by atoms with E-state index >= 15 is 0 Å². The number of halogens is 4. The van der Waals surface area contributed by atoms with E-state index in [4.69, 9.17) is 18.0 Å². The monoisotopic (exact) mass is 420 g/mol. The van der Waals surface area contributed by atoms with Crippen molar-refractivity contribution >= 4 is 60.4 Å². The van der Waals surface area contributed by atoms with Crippen LogP contribution in [0.5, 0.6) is 0 Å². The normalized spacial score (nSPS) is 10.4. The lowest BCUT2D eigenvalue weighted by molar-refractivity contribution is 0.623. The van der Waals surface area contributed by atoms with Crippen molar-refractivity contribution in [2.24, 2.45) is 5.73 Å². The van der Waals surface area contributed by atoms with Gasteiger partial charge in [-0.2, -0.15) is 0 Å². The third kappa shape index (κ3) is 3.16. The molecule has 3 N–H and O–H groups in total. The predicted molar refractivity (Wildman–Crippen MR) is 87.4 cm³/mol. The number of nitrogens with two attached hydrogens (primary N) is 1. The quantitative estimate of drug-likeness (QED) is 0.694. The van der Waals surface area contributed by atoms with Gasteiger partial charge in [-0.1, -0.05) is 12.2 Å². The van der Waals surface area contributed by atoms with Gasteiger partial charge in [-0.05, 0) is 62.2 Å². The second kappa shape index (κ2) is 6.15. The third-order valence-corrected chi connectivity index (χ3v) is 4.23. The van der Waals surface area contributed by atoms with Crippen LogP contribution in [0.2, 0.25) is 0 Å². The van der Waals surface area contributed by atoms with Gasteiger partial charge in [0.2, 0.25) is 0 Å². The molecule has 0 aromatic heterocycles. The summed E-state index contributed by atoms with van der Waals surface area (Å²) < 4.78 is 28.2. The van der Waals surface area contributed by atoms with E-state index in [0.717, 1.165) is 0 Å². The number of hydrogen-bond donors (Lipinski definition) is 2. The fourth-order valence-electron chi connectivity index (χ4n) is 1.57. The topological polar surface area (TPSA) is 38.0 Å². The van der Waals surface area contributed by atoms with E-state index in [1.54, 1.807) is 6.07 Å². The van der Waals surface area contributed by atoms with Gasteiger partial charge in [0.1, 0.15) is 10.8 Å². The highest BCUT2D eigenvalue weighted by molar-refractivity contribution is 9.11. The first-order valence-corrected chi connectivity index (χ1v) is 7.39. The van der Waals surface area contributed by atoms with E-state index < -0.39 is 11.6 Å². The Labute approximate surface area is 136 Å². The summed E-state index contributed by atoms with van der Waals surface area (Å²) in [7, 11) is 0. The average Bonchev–Trinajstić information content (AvgIpc) is 2.39. The lowest BCUT2D eigenvalue weighted by Gasteiger charge is -2.12. The standard InChI is InChI=1S/C13H8Br2F2N2S/c14-8-3-1-6(16)5-10(8)19-9-4-2-7(13(18)20)11(15)12(9)17/h1-5,19H,(H2,18,20). The lowest BCUT2D eigenvalue weighted by Crippen LogP contribution is -2.11. The number of hydrogen-bond acceptors (Lipinski definition) is 2. The van der Waals surface area contributed by atoms with E-state index in [2.05, 4.69) is 37.2 Å². The maximum Gasteiger partial charge on any atom is 0.161 e. The Balaban J connectivity index is 2.42. The zero-order chi connectivity index (χ0) is 14.9. The van der Waals surface area contributed by atoms with Gasteiger partial charge < -0.3 is 11.1 Å². The van der Waals surface area contributed by atoms with Crippen LogP contribution in [0, 0.1) is 11.6 Å². The van der Waals surface area contributed by atoms with Gasteiger partial charge >= 0.3 is 0 Å². The first-order chi connectivity index (χ1) is 9.40. The Kier molecular flexibility index (Phi) is 4.72. The highest BCUT2D eigenvalue weighted by Crippen LogP contribution is 2.32. The molecule has 0 atom stereocenters. The van der Waals surface area contributed by atoms with Crippen LogP contribution in [0.1, 0.15) is 5.56 Å². The first-order valence-electron chi connectivity index (χ1n) is 5.40. The lowest BCUT2D eigenvalue weighted by atomic mass is 10.2. The van der Waals surface area contributed by atoms with Crippen LogP contribution >= 0.6 is 44.1 Å². The van der Waals surface area contributed by atoms with Crippen molar-refractivity contribution in [1.82, 2.24) is 0 Å². The summed E-state index contributed by atoms with van der Waals surface area (Å²) in [5, 5.41) is 2.81. The molecule has 0 unspecified atom stereocenters. The highest BCUT2D eigenvalue weighted by Gasteiger charge is 2.14. The predicted octanol–water partition coefficient (Wildman–Crippen LogP) is 4.87. The molecule has 0 aliphatic rings. The maximum absolute atomic E-state index is 14.2. The van der Waals surface area contributed by atoms with E-state index in [1.807, 2.05) is 0 Å². The maximum atomic E-state index is 14.2. The molecule has 0 spiro atoms. The molecule has 0 aliphatic carbocycles. The molecule has 2 rings (SSSR count). The van der Waals surface area contributed by atoms with Gasteiger partial charge in [-0.15, -0.1) is 0 Å². The molecule has 20 heavy (non-hydrogen) atoms. The van der Waals surface area contributed by atoms with Gasteiger partial charge in [0.15, 0.2) is 5.82 Å². The molecule has 0 saturated heterocycles. The van der Waals surface area contributed by atoms with Crippen molar-refractivity contribution in [2.75, 3.05) is 5.32 Å². The van der Waals surface area contributed by atoms with Crippen molar-refractivity contribution < 1.29 is 8.78 Å². The second-order valence-electron chi connectivity index (χ2n) is 3.90. The number of nitrogens with one attached hydrogen (secondary N) is 1. The second-order valence-corrected chi connectivity index (χ2v) is 5.99. The fourth-order valence-corrected chi connectivity index (χ4v) is 2.78. The van der Waals surface area contributed by atoms with Gasteiger partial charge in [-0.3, -0.25) is 0 Å². The minimum Gasteiger partial charge on any atom is -0.389 e. The third-order valence-electron chi connectivity index (χ3n) is 2.55. The molecule has 2 aromatic rings. The summed E-state index contributed by atoms with van der Waals surface area (Å²) in [6.07, 6.45) is 0. The molecule has 0 radical (unpaired) electrons. The Hall–Kier alpha value is -1.05. The van der Waals surface area contributed by atoms with Crippen molar-refractivity contribution in [3.05, 3.63) is 56.5 Å². The molecular weight excluding hydrogens is 414 g/mol. The first kappa shape index (κ1) is 15.3. The molecule has 0 saturated carbocycles. The SMILES string of the molecule is NC(=S)c1ccc(Nc2cc(F)ccc2Br)c(F)c1Br. The van der Waals surface area contributed by atoms with Crippen LogP contribution in [-0.4, -0.2) is 4.99 Å². The average molecular weight is 422 g/mol. The van der Waals surface area contributed by atoms with Crippen molar-refractivity contribution in [1.29, 1.82) is 0 Å². The molecule has 0 amide bonds. The largest absolute Gasteiger partial charge is 0.389 e. The van der Waals surface area contributed by atoms with Gasteiger partial charge in [0, 0.05) is 10.0 Å². The van der Waals surface area contributed by atoms with Gasteiger partial charge in [-0.25, -0.2) is 8.78 Å². The van der Waals surface area contributed by atoms with E-state index in [0.29, 0.717) is 15.7 Å². The van der Waals surface area contributed by atoms with E-state index in [-0.39, 0.29) is 15.1 Å². The number of benzene rings is 2. The minimum atomic E-state index is -0.550. The van der Waals surface area contributed by atoms with Crippen LogP contribution in [0.3, 0.4) is 0 Å². The van der Waals surface area contributed by atoms with E-state index in [9.17, 15) is 8.78 Å². The minimum absolute atomic E-state index is 0.0919. The number of rotatable bonds is 3. The Morgan fingerprint density at radius 2 is 1.80 bits per heavy atom. The van der Waals surface area contributed by atoms with Crippen LogP contribution in [0.25, 0.3) is 0 Å². The van der Waals surface area contributed by atoms with Gasteiger partial charge in [0.05, 0.1) is 15.8 Å². The Morgan fingerprint density at radius 1 is 1.10 bits per heavy atom. The van der Waals surface area contributed by atoms with E-state index in [1.165, 1.54) is 24.3 Å². The Bertz CT molecular complexity index is 692. The summed E-state index contributed by atoms with van der Waals surface area (Å²) >= 11 is 11.2. The molecule has 0 bridgehead atoms. The van der Waals surface area contributed by atoms with Gasteiger partial charge in [0.25, 0.3) is 0 Å². The Morgan fingerprint density at radius 3 is 2.45 bits per heavy atom. The summed E-state index contributed by atoms with van der Waals surface area (Å²) in [5.74, 6) is -0.971. The molecule has 0 heterocycles. The van der Waals surface area contributed by atoms with Crippen molar-refractivity contribution in [3.8, 4) is 0 Å². The van der Waals surface area contributed by atoms with Crippen LogP contribution in [-0.2, 0) is 0 Å². The summed E-state index contributed by atoms with van der Waals surface area (Å²) in [6.45, 7) is 0. The molecular formula is C13H8Br2F2N2S. The van der Waals surface area contributed by atoms with Crippen molar-refractivity contribution in [3.63, 3.8) is 0 Å². The molecule has 104 valence electrons. The number of thiocarbonyl (C=S) groups is 1.